The van der Waals surface area contributed by atoms with Crippen molar-refractivity contribution >= 4 is 6.09 Å². The molecule has 1 N–H and O–H groups in total. The molecular weight excluding hydrogens is 230 g/mol. The summed E-state index contributed by atoms with van der Waals surface area (Å²) in [4.78, 5) is 12.7. The molecule has 0 saturated heterocycles. The van der Waals surface area contributed by atoms with Crippen molar-refractivity contribution in [2.45, 2.75) is 32.2 Å². The first-order chi connectivity index (χ1) is 8.65. The molecule has 1 aromatic rings. The summed E-state index contributed by atoms with van der Waals surface area (Å²) in [6.45, 7) is 2.43. The van der Waals surface area contributed by atoms with Gasteiger partial charge in [0.05, 0.1) is 7.11 Å². The molecule has 2 rings (SSSR count). The number of benzene rings is 1. The number of likely N-dealkylation sites (N-methyl/N-ethyl adjacent to an activating group) is 1. The van der Waals surface area contributed by atoms with Crippen LogP contribution in [0.3, 0.4) is 0 Å². The summed E-state index contributed by atoms with van der Waals surface area (Å²) in [6, 6.07) is 6.16. The number of carbonyl (C=O) groups is 1. The molecular formula is C14H19NO3. The summed E-state index contributed by atoms with van der Waals surface area (Å²) in [6.07, 6.45) is 1.79. The molecule has 1 unspecified atom stereocenters. The minimum atomic E-state index is -0.820. The predicted molar refractivity (Wildman–Crippen MR) is 69.2 cm³/mol. The Bertz CT molecular complexity index is 445. The van der Waals surface area contributed by atoms with Crippen molar-refractivity contribution in [3.63, 3.8) is 0 Å². The molecule has 0 aromatic heterocycles. The van der Waals surface area contributed by atoms with Crippen LogP contribution in [-0.4, -0.2) is 35.8 Å². The molecule has 4 nitrogen and oxygen atoms in total. The van der Waals surface area contributed by atoms with E-state index in [4.69, 9.17) is 9.84 Å². The Kier molecular flexibility index (Phi) is 3.75. The van der Waals surface area contributed by atoms with Crippen LogP contribution in [0.4, 0.5) is 4.79 Å². The van der Waals surface area contributed by atoms with E-state index in [1.165, 1.54) is 16.0 Å². The Morgan fingerprint density at radius 2 is 2.28 bits per heavy atom. The zero-order chi connectivity index (χ0) is 13.1. The van der Waals surface area contributed by atoms with Crippen molar-refractivity contribution in [2.75, 3.05) is 13.7 Å². The molecule has 18 heavy (non-hydrogen) atoms. The molecule has 0 aliphatic heterocycles. The number of amides is 1. The fraction of sp³-hybridized carbons (Fsp3) is 0.500. The Balaban J connectivity index is 2.17. The molecule has 0 radical (unpaired) electrons. The zero-order valence-corrected chi connectivity index (χ0v) is 10.8. The number of nitrogens with zero attached hydrogens (tertiary/aromatic N) is 1. The maximum Gasteiger partial charge on any atom is 0.407 e. The Morgan fingerprint density at radius 1 is 1.50 bits per heavy atom. The number of hydrogen-bond donors (Lipinski definition) is 1. The number of carboxylic acid groups (broad SMARTS) is 1. The quantitative estimate of drug-likeness (QED) is 0.895. The first-order valence-electron chi connectivity index (χ1n) is 6.31. The molecule has 4 heteroatoms. The SMILES string of the molecule is CCN(C(=O)O)C1CCc2cc(OC)ccc2C1. The second-order valence-electron chi connectivity index (χ2n) is 4.60. The van der Waals surface area contributed by atoms with Gasteiger partial charge < -0.3 is 14.7 Å². The zero-order valence-electron chi connectivity index (χ0n) is 10.8. The Labute approximate surface area is 107 Å². The van der Waals surface area contributed by atoms with E-state index >= 15 is 0 Å². The van der Waals surface area contributed by atoms with Gasteiger partial charge in [0.25, 0.3) is 0 Å². The second kappa shape index (κ2) is 5.29. The minimum absolute atomic E-state index is 0.105. The van der Waals surface area contributed by atoms with Gasteiger partial charge in [-0.1, -0.05) is 6.07 Å². The van der Waals surface area contributed by atoms with Crippen LogP contribution < -0.4 is 4.74 Å². The fourth-order valence-corrected chi connectivity index (χ4v) is 2.65. The largest absolute Gasteiger partial charge is 0.497 e. The highest BCUT2D eigenvalue weighted by atomic mass is 16.5. The summed E-state index contributed by atoms with van der Waals surface area (Å²) in [5, 5.41) is 9.16. The average molecular weight is 249 g/mol. The van der Waals surface area contributed by atoms with Gasteiger partial charge in [0, 0.05) is 12.6 Å². The van der Waals surface area contributed by atoms with Crippen LogP contribution in [0.25, 0.3) is 0 Å². The summed E-state index contributed by atoms with van der Waals surface area (Å²) < 4.78 is 5.21. The van der Waals surface area contributed by atoms with E-state index in [1.807, 2.05) is 13.0 Å². The van der Waals surface area contributed by atoms with Crippen molar-refractivity contribution in [1.29, 1.82) is 0 Å². The van der Waals surface area contributed by atoms with Crippen LogP contribution in [0.2, 0.25) is 0 Å². The van der Waals surface area contributed by atoms with Crippen LogP contribution in [0, 0.1) is 0 Å². The molecule has 0 bridgehead atoms. The fourth-order valence-electron chi connectivity index (χ4n) is 2.65. The third-order valence-electron chi connectivity index (χ3n) is 3.64. The number of aryl methyl sites for hydroxylation is 1. The van der Waals surface area contributed by atoms with Gasteiger partial charge in [-0.15, -0.1) is 0 Å². The van der Waals surface area contributed by atoms with E-state index in [9.17, 15) is 4.79 Å². The summed E-state index contributed by atoms with van der Waals surface area (Å²) >= 11 is 0. The van der Waals surface area contributed by atoms with Crippen LogP contribution in [0.15, 0.2) is 18.2 Å². The average Bonchev–Trinajstić information content (AvgIpc) is 2.38. The van der Waals surface area contributed by atoms with Gasteiger partial charge in [0.15, 0.2) is 0 Å². The highest BCUT2D eigenvalue weighted by molar-refractivity contribution is 5.65. The summed E-state index contributed by atoms with van der Waals surface area (Å²) in [5.74, 6) is 0.873. The van der Waals surface area contributed by atoms with Crippen LogP contribution >= 0.6 is 0 Å². The molecule has 98 valence electrons. The molecule has 0 saturated carbocycles. The molecule has 1 aliphatic carbocycles. The van der Waals surface area contributed by atoms with Gasteiger partial charge >= 0.3 is 6.09 Å². The highest BCUT2D eigenvalue weighted by Gasteiger charge is 2.26. The van der Waals surface area contributed by atoms with Gasteiger partial charge in [-0.2, -0.15) is 0 Å². The maximum atomic E-state index is 11.1. The highest BCUT2D eigenvalue weighted by Crippen LogP contribution is 2.27. The summed E-state index contributed by atoms with van der Waals surface area (Å²) in [5.41, 5.74) is 2.53. The van der Waals surface area contributed by atoms with Gasteiger partial charge in [-0.05, 0) is 49.4 Å². The Morgan fingerprint density at radius 3 is 2.89 bits per heavy atom. The second-order valence-corrected chi connectivity index (χ2v) is 4.60. The normalized spacial score (nSPS) is 18.0. The number of rotatable bonds is 3. The topological polar surface area (TPSA) is 49.8 Å². The van der Waals surface area contributed by atoms with Gasteiger partial charge in [0.2, 0.25) is 0 Å². The van der Waals surface area contributed by atoms with Crippen molar-refractivity contribution in [2.24, 2.45) is 0 Å². The molecule has 1 aliphatic rings. The first-order valence-corrected chi connectivity index (χ1v) is 6.31. The first kappa shape index (κ1) is 12.7. The van der Waals surface area contributed by atoms with Crippen LogP contribution in [0.1, 0.15) is 24.5 Å². The monoisotopic (exact) mass is 249 g/mol. The van der Waals surface area contributed by atoms with Crippen LogP contribution in [0.5, 0.6) is 5.75 Å². The molecule has 1 amide bonds. The smallest absolute Gasteiger partial charge is 0.407 e. The minimum Gasteiger partial charge on any atom is -0.497 e. The lowest BCUT2D eigenvalue weighted by Gasteiger charge is -2.32. The van der Waals surface area contributed by atoms with E-state index in [0.29, 0.717) is 6.54 Å². The lowest BCUT2D eigenvalue weighted by atomic mass is 9.87. The molecule has 1 aromatic carbocycles. The number of hydrogen-bond acceptors (Lipinski definition) is 2. The number of methoxy groups -OCH3 is 1. The van der Waals surface area contributed by atoms with Gasteiger partial charge in [0.1, 0.15) is 5.75 Å². The van der Waals surface area contributed by atoms with E-state index < -0.39 is 6.09 Å². The predicted octanol–water partition coefficient (Wildman–Crippen LogP) is 2.55. The lowest BCUT2D eigenvalue weighted by molar-refractivity contribution is 0.122. The third-order valence-corrected chi connectivity index (χ3v) is 3.64. The van der Waals surface area contributed by atoms with Gasteiger partial charge in [-0.3, -0.25) is 0 Å². The molecule has 1 atom stereocenters. The molecule has 0 spiro atoms. The van der Waals surface area contributed by atoms with Crippen molar-refractivity contribution in [3.05, 3.63) is 29.3 Å². The van der Waals surface area contributed by atoms with Crippen LogP contribution in [-0.2, 0) is 12.8 Å². The van der Waals surface area contributed by atoms with E-state index in [2.05, 4.69) is 12.1 Å². The standard InChI is InChI=1S/C14H19NO3/c1-3-15(14(16)17)12-6-4-11-9-13(18-2)7-5-10(11)8-12/h5,7,9,12H,3-4,6,8H2,1-2H3,(H,16,17). The molecule has 0 fully saturated rings. The van der Waals surface area contributed by atoms with E-state index in [-0.39, 0.29) is 6.04 Å². The van der Waals surface area contributed by atoms with Gasteiger partial charge in [-0.25, -0.2) is 4.79 Å². The van der Waals surface area contributed by atoms with Crippen molar-refractivity contribution < 1.29 is 14.6 Å². The van der Waals surface area contributed by atoms with Crippen molar-refractivity contribution in [1.82, 2.24) is 4.90 Å². The maximum absolute atomic E-state index is 11.1. The van der Waals surface area contributed by atoms with Crippen molar-refractivity contribution in [3.8, 4) is 5.75 Å². The van der Waals surface area contributed by atoms with E-state index in [0.717, 1.165) is 25.0 Å². The lowest BCUT2D eigenvalue weighted by Crippen LogP contribution is -2.42. The number of ether oxygens (including phenoxy) is 1. The number of fused-ring (bicyclic) bond motifs is 1. The molecule has 0 heterocycles. The van der Waals surface area contributed by atoms with E-state index in [1.54, 1.807) is 7.11 Å². The Hall–Kier alpha value is -1.71. The third kappa shape index (κ3) is 2.42. The summed E-state index contributed by atoms with van der Waals surface area (Å²) in [7, 11) is 1.66.